The van der Waals surface area contributed by atoms with Crippen LogP contribution in [0.1, 0.15) is 11.1 Å². The lowest BCUT2D eigenvalue weighted by Crippen LogP contribution is -1.82. The molecule has 0 saturated carbocycles. The lowest BCUT2D eigenvalue weighted by Gasteiger charge is -2.05. The Hall–Kier alpha value is -0.360. The van der Waals surface area contributed by atoms with E-state index < -0.39 is 0 Å². The van der Waals surface area contributed by atoms with Crippen LogP contribution in [0, 0.1) is 0 Å². The van der Waals surface area contributed by atoms with Gasteiger partial charge in [-0.15, -0.1) is 0 Å². The fraction of sp³-hybridized carbons (Fsp3) is 0.125. The predicted molar refractivity (Wildman–Crippen MR) is 96.9 cm³/mol. The smallest absolute Gasteiger partial charge is 0.0247 e. The van der Waals surface area contributed by atoms with Crippen molar-refractivity contribution in [3.05, 3.63) is 59.7 Å². The summed E-state index contributed by atoms with van der Waals surface area (Å²) >= 11 is 4.83. The summed E-state index contributed by atoms with van der Waals surface area (Å²) in [6.45, 7) is 0. The first kappa shape index (κ1) is 12.7. The molecule has 0 amide bonds. The van der Waals surface area contributed by atoms with Crippen molar-refractivity contribution >= 4 is 66.7 Å². The second-order valence-electron chi connectivity index (χ2n) is 4.48. The van der Waals surface area contributed by atoms with Crippen LogP contribution in [0.4, 0.5) is 0 Å². The van der Waals surface area contributed by atoms with Gasteiger partial charge in [0.25, 0.3) is 0 Å². The van der Waals surface area contributed by atoms with Crippen LogP contribution in [0.2, 0.25) is 0 Å². The topological polar surface area (TPSA) is 0 Å². The maximum absolute atomic E-state index is 2.41. The lowest BCUT2D eigenvalue weighted by atomic mass is 10.0. The molecule has 0 spiro atoms. The quantitative estimate of drug-likeness (QED) is 0.257. The van der Waals surface area contributed by atoms with E-state index in [1.165, 1.54) is 32.7 Å². The van der Waals surface area contributed by atoms with Crippen LogP contribution in [0.3, 0.4) is 0 Å². The van der Waals surface area contributed by atoms with Crippen LogP contribution in [-0.4, -0.2) is 0 Å². The van der Waals surface area contributed by atoms with Crippen LogP contribution in [0.5, 0.6) is 0 Å². The summed E-state index contributed by atoms with van der Waals surface area (Å²) in [6, 6.07) is 18.1. The second kappa shape index (κ2) is 5.33. The average molecular weight is 458 g/mol. The number of benzene rings is 3. The van der Waals surface area contributed by atoms with Crippen molar-refractivity contribution in [1.29, 1.82) is 0 Å². The van der Waals surface area contributed by atoms with Gasteiger partial charge in [0.1, 0.15) is 0 Å². The minimum atomic E-state index is 1.07. The SMILES string of the molecule is ICc1ccc2cc3cc(CI)ccc3cc2c1. The summed E-state index contributed by atoms with van der Waals surface area (Å²) < 4.78 is 2.14. The average Bonchev–Trinajstić information content (AvgIpc) is 2.43. The minimum absolute atomic E-state index is 1.07. The highest BCUT2D eigenvalue weighted by Crippen LogP contribution is 2.26. The molecule has 0 N–H and O–H groups in total. The van der Waals surface area contributed by atoms with E-state index in [0.29, 0.717) is 0 Å². The number of alkyl halides is 2. The van der Waals surface area contributed by atoms with Gasteiger partial charge in [-0.2, -0.15) is 0 Å². The molecule has 3 aromatic rings. The molecule has 90 valence electrons. The van der Waals surface area contributed by atoms with Gasteiger partial charge in [-0.05, 0) is 44.8 Å². The molecule has 0 aliphatic heterocycles. The van der Waals surface area contributed by atoms with E-state index in [0.717, 1.165) is 8.86 Å². The molecular formula is C16H12I2. The Morgan fingerprint density at radius 3 is 1.39 bits per heavy atom. The first-order chi connectivity index (χ1) is 8.80. The Kier molecular flexibility index (Phi) is 3.75. The van der Waals surface area contributed by atoms with Crippen molar-refractivity contribution in [3.63, 3.8) is 0 Å². The molecule has 0 saturated heterocycles. The van der Waals surface area contributed by atoms with E-state index in [2.05, 4.69) is 93.7 Å². The largest absolute Gasteiger partial charge is 0.0812 e. The zero-order valence-electron chi connectivity index (χ0n) is 9.79. The molecule has 0 nitrogen and oxygen atoms in total. The van der Waals surface area contributed by atoms with Crippen molar-refractivity contribution in [2.75, 3.05) is 0 Å². The first-order valence-corrected chi connectivity index (χ1v) is 8.92. The molecule has 0 unspecified atom stereocenters. The number of hydrogen-bond donors (Lipinski definition) is 0. The van der Waals surface area contributed by atoms with Crippen LogP contribution < -0.4 is 0 Å². The molecule has 2 heteroatoms. The fourth-order valence-corrected chi connectivity index (χ4v) is 3.21. The Morgan fingerprint density at radius 2 is 1.00 bits per heavy atom. The molecule has 3 aromatic carbocycles. The molecule has 0 aliphatic rings. The van der Waals surface area contributed by atoms with Gasteiger partial charge >= 0.3 is 0 Å². The highest BCUT2D eigenvalue weighted by molar-refractivity contribution is 14.1. The van der Waals surface area contributed by atoms with E-state index in [4.69, 9.17) is 0 Å². The normalized spacial score (nSPS) is 11.2. The van der Waals surface area contributed by atoms with Gasteiger partial charge < -0.3 is 0 Å². The molecule has 0 radical (unpaired) electrons. The standard InChI is InChI=1S/C16H12I2/c17-9-11-1-3-13-7-16-6-12(10-18)2-4-14(16)8-15(13)5-11/h1-8H,9-10H2. The lowest BCUT2D eigenvalue weighted by molar-refractivity contribution is 1.48. The molecule has 0 atom stereocenters. The van der Waals surface area contributed by atoms with Crippen molar-refractivity contribution in [3.8, 4) is 0 Å². The van der Waals surface area contributed by atoms with Crippen LogP contribution in [-0.2, 0) is 8.86 Å². The Balaban J connectivity index is 2.28. The molecule has 0 aliphatic carbocycles. The number of fused-ring (bicyclic) bond motifs is 2. The molecular weight excluding hydrogens is 446 g/mol. The zero-order valence-corrected chi connectivity index (χ0v) is 14.1. The van der Waals surface area contributed by atoms with Crippen molar-refractivity contribution in [2.45, 2.75) is 8.86 Å². The van der Waals surface area contributed by atoms with Crippen molar-refractivity contribution in [2.24, 2.45) is 0 Å². The van der Waals surface area contributed by atoms with Crippen LogP contribution in [0.15, 0.2) is 48.5 Å². The van der Waals surface area contributed by atoms with Gasteiger partial charge in [-0.25, -0.2) is 0 Å². The molecule has 3 rings (SSSR count). The molecule has 0 fully saturated rings. The van der Waals surface area contributed by atoms with Crippen molar-refractivity contribution < 1.29 is 0 Å². The monoisotopic (exact) mass is 458 g/mol. The molecule has 0 heterocycles. The molecule has 0 bridgehead atoms. The summed E-state index contributed by atoms with van der Waals surface area (Å²) in [5.74, 6) is 0. The van der Waals surface area contributed by atoms with Crippen LogP contribution in [0.25, 0.3) is 21.5 Å². The Labute approximate surface area is 134 Å². The van der Waals surface area contributed by atoms with Crippen LogP contribution >= 0.6 is 45.2 Å². The van der Waals surface area contributed by atoms with Crippen molar-refractivity contribution in [1.82, 2.24) is 0 Å². The van der Waals surface area contributed by atoms with E-state index >= 15 is 0 Å². The van der Waals surface area contributed by atoms with Gasteiger partial charge in [0.05, 0.1) is 0 Å². The van der Waals surface area contributed by atoms with Gasteiger partial charge in [0.2, 0.25) is 0 Å². The summed E-state index contributed by atoms with van der Waals surface area (Å²) in [6.07, 6.45) is 0. The highest BCUT2D eigenvalue weighted by atomic mass is 127. The number of halogens is 2. The summed E-state index contributed by atoms with van der Waals surface area (Å²) in [7, 11) is 0. The third-order valence-corrected chi connectivity index (χ3v) is 4.99. The number of hydrogen-bond acceptors (Lipinski definition) is 0. The maximum Gasteiger partial charge on any atom is 0.0247 e. The van der Waals surface area contributed by atoms with E-state index in [1.54, 1.807) is 0 Å². The third kappa shape index (κ3) is 2.37. The first-order valence-electron chi connectivity index (χ1n) is 5.87. The minimum Gasteiger partial charge on any atom is -0.0812 e. The predicted octanol–water partition coefficient (Wildman–Crippen LogP) is 5.86. The molecule has 0 aromatic heterocycles. The summed E-state index contributed by atoms with van der Waals surface area (Å²) in [5, 5.41) is 5.36. The Morgan fingerprint density at radius 1 is 0.556 bits per heavy atom. The van der Waals surface area contributed by atoms with Gasteiger partial charge in [0, 0.05) is 8.86 Å². The zero-order chi connectivity index (χ0) is 12.5. The van der Waals surface area contributed by atoms with Gasteiger partial charge in [-0.1, -0.05) is 81.6 Å². The fourth-order valence-electron chi connectivity index (χ4n) is 2.26. The van der Waals surface area contributed by atoms with Gasteiger partial charge in [0.15, 0.2) is 0 Å². The second-order valence-corrected chi connectivity index (χ2v) is 6.01. The molecule has 18 heavy (non-hydrogen) atoms. The summed E-state index contributed by atoms with van der Waals surface area (Å²) in [4.78, 5) is 0. The van der Waals surface area contributed by atoms with E-state index in [-0.39, 0.29) is 0 Å². The highest BCUT2D eigenvalue weighted by Gasteiger charge is 2.00. The maximum atomic E-state index is 2.41. The summed E-state index contributed by atoms with van der Waals surface area (Å²) in [5.41, 5.74) is 2.79. The van der Waals surface area contributed by atoms with E-state index in [9.17, 15) is 0 Å². The number of rotatable bonds is 2. The van der Waals surface area contributed by atoms with E-state index in [1.807, 2.05) is 0 Å². The Bertz CT molecular complexity index is 653. The third-order valence-electron chi connectivity index (χ3n) is 3.23. The van der Waals surface area contributed by atoms with Gasteiger partial charge in [-0.3, -0.25) is 0 Å².